The number of carbonyl (C=O) groups is 2. The number of benzene rings is 2. The minimum atomic E-state index is -0.410. The molecule has 5 rings (SSSR count). The number of nitrogens with zero attached hydrogens (tertiary/aromatic N) is 5. The summed E-state index contributed by atoms with van der Waals surface area (Å²) in [5.74, 6) is 1.57. The van der Waals surface area contributed by atoms with Gasteiger partial charge in [0.2, 0.25) is 5.91 Å². The number of esters is 1. The lowest BCUT2D eigenvalue weighted by atomic mass is 9.97. The molecular formula is C27H26N6O3. The van der Waals surface area contributed by atoms with Crippen molar-refractivity contribution >= 4 is 23.4 Å². The Morgan fingerprint density at radius 1 is 0.972 bits per heavy atom. The quantitative estimate of drug-likeness (QED) is 0.415. The molecule has 1 unspecified atom stereocenters. The van der Waals surface area contributed by atoms with Crippen molar-refractivity contribution in [2.45, 2.75) is 12.8 Å². The predicted octanol–water partition coefficient (Wildman–Crippen LogP) is 3.97. The van der Waals surface area contributed by atoms with Crippen LogP contribution in [-0.4, -0.2) is 51.8 Å². The molecule has 1 aliphatic rings. The number of piperidine rings is 1. The Balaban J connectivity index is 1.25. The number of anilines is 2. The van der Waals surface area contributed by atoms with E-state index in [-0.39, 0.29) is 11.8 Å². The van der Waals surface area contributed by atoms with Gasteiger partial charge in [-0.2, -0.15) is 0 Å². The Kier molecular flexibility index (Phi) is 6.70. The molecule has 182 valence electrons. The molecule has 1 aliphatic heterocycles. The summed E-state index contributed by atoms with van der Waals surface area (Å²) in [6, 6.07) is 20.5. The number of imidazole rings is 1. The topological polar surface area (TPSA) is 102 Å². The minimum absolute atomic E-state index is 0.0546. The van der Waals surface area contributed by atoms with Crippen LogP contribution in [0.2, 0.25) is 0 Å². The lowest BCUT2D eigenvalue weighted by Crippen LogP contribution is -2.41. The van der Waals surface area contributed by atoms with Crippen molar-refractivity contribution in [2.24, 2.45) is 5.92 Å². The van der Waals surface area contributed by atoms with Crippen LogP contribution in [0.4, 0.5) is 11.5 Å². The zero-order valence-corrected chi connectivity index (χ0v) is 19.9. The van der Waals surface area contributed by atoms with E-state index in [2.05, 4.69) is 25.4 Å². The Morgan fingerprint density at radius 2 is 1.72 bits per heavy atom. The first-order chi connectivity index (χ1) is 17.6. The second-order valence-corrected chi connectivity index (χ2v) is 8.58. The highest BCUT2D eigenvalue weighted by atomic mass is 16.5. The van der Waals surface area contributed by atoms with E-state index < -0.39 is 5.97 Å². The molecule has 1 atom stereocenters. The third kappa shape index (κ3) is 4.95. The molecule has 1 amide bonds. The van der Waals surface area contributed by atoms with Gasteiger partial charge in [0.25, 0.3) is 0 Å². The minimum Gasteiger partial charge on any atom is -0.465 e. The van der Waals surface area contributed by atoms with Gasteiger partial charge >= 0.3 is 5.97 Å². The molecule has 4 aromatic rings. The van der Waals surface area contributed by atoms with Gasteiger partial charge in [-0.3, -0.25) is 9.36 Å². The first-order valence-electron chi connectivity index (χ1n) is 11.8. The monoisotopic (exact) mass is 482 g/mol. The molecule has 1 saturated heterocycles. The molecule has 2 aromatic carbocycles. The van der Waals surface area contributed by atoms with Crippen molar-refractivity contribution in [1.82, 2.24) is 19.7 Å². The molecule has 36 heavy (non-hydrogen) atoms. The molecule has 0 spiro atoms. The number of hydrogen-bond acceptors (Lipinski definition) is 7. The number of amides is 1. The fraction of sp³-hybridized carbons (Fsp3) is 0.222. The van der Waals surface area contributed by atoms with Crippen molar-refractivity contribution in [2.75, 3.05) is 30.4 Å². The van der Waals surface area contributed by atoms with Gasteiger partial charge in [-0.25, -0.2) is 9.78 Å². The third-order valence-electron chi connectivity index (χ3n) is 6.25. The van der Waals surface area contributed by atoms with Gasteiger partial charge < -0.3 is 15.0 Å². The van der Waals surface area contributed by atoms with Crippen molar-refractivity contribution in [1.29, 1.82) is 0 Å². The summed E-state index contributed by atoms with van der Waals surface area (Å²) in [6.45, 7) is 1.37. The summed E-state index contributed by atoms with van der Waals surface area (Å²) in [4.78, 5) is 31.1. The average Bonchev–Trinajstić information content (AvgIpc) is 3.44. The van der Waals surface area contributed by atoms with Crippen LogP contribution >= 0.6 is 0 Å². The summed E-state index contributed by atoms with van der Waals surface area (Å²) in [5, 5.41) is 11.9. The standard InChI is InChI=1S/C27H26N6O3/c1-36-27(35)20-9-11-22(12-10-20)29-26(34)21-8-5-16-32(18-21)23-13-14-24(31-30-23)33-17-15-28-25(33)19-6-3-2-4-7-19/h2-4,6-7,9-15,17,21H,5,8,16,18H2,1H3,(H,29,34). The van der Waals surface area contributed by atoms with Gasteiger partial charge in [0.05, 0.1) is 18.6 Å². The molecule has 0 bridgehead atoms. The van der Waals surface area contributed by atoms with Crippen LogP contribution in [0.15, 0.2) is 79.1 Å². The lowest BCUT2D eigenvalue weighted by Gasteiger charge is -2.32. The molecule has 0 aliphatic carbocycles. The van der Waals surface area contributed by atoms with Crippen LogP contribution < -0.4 is 10.2 Å². The molecule has 0 radical (unpaired) electrons. The first-order valence-corrected chi connectivity index (χ1v) is 11.8. The Labute approximate surface area is 208 Å². The number of nitrogens with one attached hydrogen (secondary N) is 1. The second kappa shape index (κ2) is 10.4. The van der Waals surface area contributed by atoms with E-state index in [4.69, 9.17) is 4.74 Å². The molecule has 3 heterocycles. The third-order valence-corrected chi connectivity index (χ3v) is 6.25. The van der Waals surface area contributed by atoms with Crippen LogP contribution in [0.1, 0.15) is 23.2 Å². The largest absolute Gasteiger partial charge is 0.465 e. The number of rotatable bonds is 6. The summed E-state index contributed by atoms with van der Waals surface area (Å²) in [5.41, 5.74) is 2.08. The van der Waals surface area contributed by atoms with Gasteiger partial charge in [0, 0.05) is 36.7 Å². The number of carbonyl (C=O) groups excluding carboxylic acids is 2. The van der Waals surface area contributed by atoms with E-state index in [0.29, 0.717) is 23.6 Å². The van der Waals surface area contributed by atoms with Crippen LogP contribution in [0.3, 0.4) is 0 Å². The van der Waals surface area contributed by atoms with Gasteiger partial charge in [-0.1, -0.05) is 30.3 Å². The van der Waals surface area contributed by atoms with Crippen molar-refractivity contribution < 1.29 is 14.3 Å². The van der Waals surface area contributed by atoms with E-state index in [1.54, 1.807) is 30.5 Å². The van der Waals surface area contributed by atoms with Crippen molar-refractivity contribution in [3.63, 3.8) is 0 Å². The maximum Gasteiger partial charge on any atom is 0.337 e. The van der Waals surface area contributed by atoms with Crippen LogP contribution in [0.5, 0.6) is 0 Å². The lowest BCUT2D eigenvalue weighted by molar-refractivity contribution is -0.120. The molecular weight excluding hydrogens is 456 g/mol. The second-order valence-electron chi connectivity index (χ2n) is 8.58. The Bertz CT molecular complexity index is 1340. The maximum absolute atomic E-state index is 12.9. The average molecular weight is 483 g/mol. The van der Waals surface area contributed by atoms with Gasteiger partial charge in [-0.15, -0.1) is 10.2 Å². The molecule has 0 saturated carbocycles. The maximum atomic E-state index is 12.9. The first kappa shape index (κ1) is 23.2. The van der Waals surface area contributed by atoms with E-state index in [1.807, 2.05) is 53.2 Å². The number of aromatic nitrogens is 4. The molecule has 2 aromatic heterocycles. The van der Waals surface area contributed by atoms with Crippen molar-refractivity contribution in [3.8, 4) is 17.2 Å². The number of hydrogen-bond donors (Lipinski definition) is 1. The fourth-order valence-electron chi connectivity index (χ4n) is 4.36. The van der Waals surface area contributed by atoms with Gasteiger partial charge in [0.15, 0.2) is 11.6 Å². The van der Waals surface area contributed by atoms with E-state index >= 15 is 0 Å². The van der Waals surface area contributed by atoms with Crippen LogP contribution in [-0.2, 0) is 9.53 Å². The highest BCUT2D eigenvalue weighted by Gasteiger charge is 2.27. The van der Waals surface area contributed by atoms with Crippen LogP contribution in [0, 0.1) is 5.92 Å². The number of methoxy groups -OCH3 is 1. The zero-order valence-electron chi connectivity index (χ0n) is 19.9. The summed E-state index contributed by atoms with van der Waals surface area (Å²) in [6.07, 6.45) is 5.28. The van der Waals surface area contributed by atoms with E-state index in [0.717, 1.165) is 36.6 Å². The molecule has 1 fully saturated rings. The van der Waals surface area contributed by atoms with Crippen molar-refractivity contribution in [3.05, 3.63) is 84.7 Å². The fourth-order valence-corrected chi connectivity index (χ4v) is 4.36. The summed E-state index contributed by atoms with van der Waals surface area (Å²) >= 11 is 0. The summed E-state index contributed by atoms with van der Waals surface area (Å²) < 4.78 is 6.62. The SMILES string of the molecule is COC(=O)c1ccc(NC(=O)C2CCCN(c3ccc(-n4ccnc4-c4ccccc4)nn3)C2)cc1. The predicted molar refractivity (Wildman–Crippen MR) is 136 cm³/mol. The normalized spacial score (nSPS) is 15.4. The highest BCUT2D eigenvalue weighted by Crippen LogP contribution is 2.25. The summed E-state index contributed by atoms with van der Waals surface area (Å²) in [7, 11) is 1.34. The zero-order chi connectivity index (χ0) is 24.9. The van der Waals surface area contributed by atoms with Crippen LogP contribution in [0.25, 0.3) is 17.2 Å². The Morgan fingerprint density at radius 3 is 2.44 bits per heavy atom. The molecule has 9 nitrogen and oxygen atoms in total. The Hall–Kier alpha value is -4.53. The molecule has 9 heteroatoms. The molecule has 1 N–H and O–H groups in total. The smallest absolute Gasteiger partial charge is 0.337 e. The number of ether oxygens (including phenoxy) is 1. The van der Waals surface area contributed by atoms with E-state index in [1.165, 1.54) is 7.11 Å². The van der Waals surface area contributed by atoms with Gasteiger partial charge in [0.1, 0.15) is 5.82 Å². The highest BCUT2D eigenvalue weighted by molar-refractivity contribution is 5.94. The van der Waals surface area contributed by atoms with Gasteiger partial charge in [-0.05, 0) is 49.2 Å². The van der Waals surface area contributed by atoms with E-state index in [9.17, 15) is 9.59 Å².